The number of halogens is 2. The molecule has 0 atom stereocenters. The zero-order chi connectivity index (χ0) is 19.2. The summed E-state index contributed by atoms with van der Waals surface area (Å²) in [5.74, 6) is 1.15. The molecule has 0 bridgehead atoms. The summed E-state index contributed by atoms with van der Waals surface area (Å²) in [6.07, 6.45) is 1.71. The second-order valence-electron chi connectivity index (χ2n) is 5.57. The molecule has 2 aromatic carbocycles. The lowest BCUT2D eigenvalue weighted by Gasteiger charge is -2.13. The molecule has 0 radical (unpaired) electrons. The summed E-state index contributed by atoms with van der Waals surface area (Å²) in [6, 6.07) is 10.9. The van der Waals surface area contributed by atoms with E-state index in [9.17, 15) is 0 Å². The fraction of sp³-hybridized carbons (Fsp3) is 0.158. The maximum absolute atomic E-state index is 6.15. The van der Waals surface area contributed by atoms with Gasteiger partial charge in [0.25, 0.3) is 0 Å². The molecule has 0 fully saturated rings. The number of hydrazone groups is 1. The van der Waals surface area contributed by atoms with Crippen LogP contribution in [0.5, 0.6) is 11.5 Å². The Morgan fingerprint density at radius 3 is 2.67 bits per heavy atom. The van der Waals surface area contributed by atoms with Crippen LogP contribution in [0, 0.1) is 6.92 Å². The molecule has 0 spiro atoms. The molecule has 0 aliphatic carbocycles. The zero-order valence-corrected chi connectivity index (χ0v) is 17.0. The number of rotatable bonds is 7. The first-order valence-electron chi connectivity index (χ1n) is 8.01. The Morgan fingerprint density at radius 1 is 1.22 bits per heavy atom. The van der Waals surface area contributed by atoms with Gasteiger partial charge in [0, 0.05) is 10.9 Å². The number of nitrogens with zero attached hydrogens (tertiary/aromatic N) is 2. The second-order valence-corrected chi connectivity index (χ2v) is 7.25. The zero-order valence-electron chi connectivity index (χ0n) is 14.7. The van der Waals surface area contributed by atoms with Crippen LogP contribution >= 0.6 is 34.5 Å². The van der Waals surface area contributed by atoms with Crippen LogP contribution in [0.15, 0.2) is 46.9 Å². The van der Waals surface area contributed by atoms with E-state index in [0.717, 1.165) is 22.0 Å². The van der Waals surface area contributed by atoms with Gasteiger partial charge in [-0.2, -0.15) is 5.10 Å². The Morgan fingerprint density at radius 2 is 2.00 bits per heavy atom. The molecule has 1 heterocycles. The summed E-state index contributed by atoms with van der Waals surface area (Å²) in [5, 5.41) is 7.84. The number of anilines is 1. The lowest BCUT2D eigenvalue weighted by Crippen LogP contribution is -2.01. The Hall–Kier alpha value is -2.28. The number of aryl methyl sites for hydroxylation is 1. The minimum atomic E-state index is 0.257. The monoisotopic (exact) mass is 421 g/mol. The SMILES string of the molecule is COc1ccc(C=NNc2nc(C)cs2)cc1COc1c(Cl)cccc1Cl. The largest absolute Gasteiger partial charge is 0.496 e. The number of para-hydroxylation sites is 1. The molecule has 8 heteroatoms. The average Bonchev–Trinajstić information content (AvgIpc) is 3.07. The predicted octanol–water partition coefficient (Wildman–Crippen LogP) is 5.79. The fourth-order valence-electron chi connectivity index (χ4n) is 2.33. The van der Waals surface area contributed by atoms with Crippen molar-refractivity contribution in [3.8, 4) is 11.5 Å². The summed E-state index contributed by atoms with van der Waals surface area (Å²) in [7, 11) is 1.61. The van der Waals surface area contributed by atoms with Gasteiger partial charge >= 0.3 is 0 Å². The molecule has 0 aliphatic rings. The van der Waals surface area contributed by atoms with Crippen LogP contribution in [0.3, 0.4) is 0 Å². The Bertz CT molecular complexity index is 940. The van der Waals surface area contributed by atoms with Crippen molar-refractivity contribution in [3.05, 3.63) is 68.6 Å². The van der Waals surface area contributed by atoms with Gasteiger partial charge in [-0.25, -0.2) is 4.98 Å². The van der Waals surface area contributed by atoms with E-state index < -0.39 is 0 Å². The highest BCUT2D eigenvalue weighted by atomic mass is 35.5. The van der Waals surface area contributed by atoms with Gasteiger partial charge in [-0.15, -0.1) is 11.3 Å². The Kier molecular flexibility index (Phi) is 6.55. The molecule has 0 aliphatic heterocycles. The number of thiazole rings is 1. The minimum absolute atomic E-state index is 0.257. The first-order valence-corrected chi connectivity index (χ1v) is 9.65. The molecule has 1 aromatic heterocycles. The van der Waals surface area contributed by atoms with Gasteiger partial charge in [0.15, 0.2) is 5.75 Å². The third kappa shape index (κ3) is 5.13. The molecule has 0 amide bonds. The topological polar surface area (TPSA) is 55.7 Å². The minimum Gasteiger partial charge on any atom is -0.496 e. The van der Waals surface area contributed by atoms with Crippen molar-refractivity contribution < 1.29 is 9.47 Å². The van der Waals surface area contributed by atoms with Gasteiger partial charge in [0.1, 0.15) is 12.4 Å². The normalized spacial score (nSPS) is 11.0. The van der Waals surface area contributed by atoms with Crippen LogP contribution in [0.4, 0.5) is 5.13 Å². The van der Waals surface area contributed by atoms with Crippen molar-refractivity contribution >= 4 is 45.9 Å². The van der Waals surface area contributed by atoms with Gasteiger partial charge in [-0.3, -0.25) is 5.43 Å². The standard InChI is InChI=1S/C19H17Cl2N3O2S/c1-12-11-27-19(23-12)24-22-9-13-6-7-17(25-2)14(8-13)10-26-18-15(20)4-3-5-16(18)21/h3-9,11H,10H2,1-2H3,(H,23,24). The van der Waals surface area contributed by atoms with E-state index in [1.807, 2.05) is 30.5 Å². The molecule has 5 nitrogen and oxygen atoms in total. The fourth-order valence-corrected chi connectivity index (χ4v) is 3.47. The number of methoxy groups -OCH3 is 1. The molecular formula is C19H17Cl2N3O2S. The maximum Gasteiger partial charge on any atom is 0.203 e. The van der Waals surface area contributed by atoms with Crippen molar-refractivity contribution in [1.29, 1.82) is 0 Å². The molecule has 0 saturated carbocycles. The van der Waals surface area contributed by atoms with Crippen LogP contribution in [0.1, 0.15) is 16.8 Å². The van der Waals surface area contributed by atoms with Gasteiger partial charge in [0.2, 0.25) is 5.13 Å². The maximum atomic E-state index is 6.15. The number of ether oxygens (including phenoxy) is 2. The van der Waals surface area contributed by atoms with Crippen LogP contribution in [0.25, 0.3) is 0 Å². The van der Waals surface area contributed by atoms with Crippen molar-refractivity contribution in [2.24, 2.45) is 5.10 Å². The van der Waals surface area contributed by atoms with E-state index in [-0.39, 0.29) is 6.61 Å². The highest BCUT2D eigenvalue weighted by Gasteiger charge is 2.10. The first-order chi connectivity index (χ1) is 13.1. The quantitative estimate of drug-likeness (QED) is 0.387. The molecular weight excluding hydrogens is 405 g/mol. The van der Waals surface area contributed by atoms with Crippen molar-refractivity contribution in [2.75, 3.05) is 12.5 Å². The molecule has 27 heavy (non-hydrogen) atoms. The van der Waals surface area contributed by atoms with E-state index in [1.165, 1.54) is 11.3 Å². The van der Waals surface area contributed by atoms with Crippen molar-refractivity contribution in [1.82, 2.24) is 4.98 Å². The lowest BCUT2D eigenvalue weighted by atomic mass is 10.1. The van der Waals surface area contributed by atoms with E-state index in [1.54, 1.807) is 31.5 Å². The van der Waals surface area contributed by atoms with Crippen LogP contribution in [-0.2, 0) is 6.61 Å². The van der Waals surface area contributed by atoms with E-state index >= 15 is 0 Å². The number of nitrogens with one attached hydrogen (secondary N) is 1. The summed E-state index contributed by atoms with van der Waals surface area (Å²) in [5.41, 5.74) is 5.61. The number of benzene rings is 2. The Labute approximate surface area is 171 Å². The van der Waals surface area contributed by atoms with Crippen molar-refractivity contribution in [2.45, 2.75) is 13.5 Å². The van der Waals surface area contributed by atoms with Gasteiger partial charge < -0.3 is 9.47 Å². The predicted molar refractivity (Wildman–Crippen MR) is 112 cm³/mol. The summed E-state index contributed by atoms with van der Waals surface area (Å²) < 4.78 is 11.2. The van der Waals surface area contributed by atoms with Crippen LogP contribution in [0.2, 0.25) is 10.0 Å². The average molecular weight is 422 g/mol. The summed E-state index contributed by atoms with van der Waals surface area (Å²) in [4.78, 5) is 4.29. The molecule has 1 N–H and O–H groups in total. The highest BCUT2D eigenvalue weighted by molar-refractivity contribution is 7.13. The number of hydrogen-bond donors (Lipinski definition) is 1. The van der Waals surface area contributed by atoms with E-state index in [2.05, 4.69) is 15.5 Å². The van der Waals surface area contributed by atoms with Crippen LogP contribution < -0.4 is 14.9 Å². The molecule has 3 aromatic rings. The van der Waals surface area contributed by atoms with Gasteiger partial charge in [0.05, 0.1) is 29.1 Å². The summed E-state index contributed by atoms with van der Waals surface area (Å²) >= 11 is 13.8. The summed E-state index contributed by atoms with van der Waals surface area (Å²) in [6.45, 7) is 2.19. The van der Waals surface area contributed by atoms with Crippen LogP contribution in [-0.4, -0.2) is 18.3 Å². The third-order valence-electron chi connectivity index (χ3n) is 3.59. The third-order valence-corrected chi connectivity index (χ3v) is 5.05. The van der Waals surface area contributed by atoms with Gasteiger partial charge in [-0.05, 0) is 42.8 Å². The molecule has 0 saturated heterocycles. The van der Waals surface area contributed by atoms with Gasteiger partial charge in [-0.1, -0.05) is 29.3 Å². The smallest absolute Gasteiger partial charge is 0.203 e. The molecule has 140 valence electrons. The second kappa shape index (κ2) is 9.08. The molecule has 0 unspecified atom stereocenters. The first kappa shape index (κ1) is 19.5. The van der Waals surface area contributed by atoms with E-state index in [4.69, 9.17) is 32.7 Å². The highest BCUT2D eigenvalue weighted by Crippen LogP contribution is 2.33. The number of hydrogen-bond acceptors (Lipinski definition) is 6. The Balaban J connectivity index is 1.73. The van der Waals surface area contributed by atoms with Crippen molar-refractivity contribution in [3.63, 3.8) is 0 Å². The van der Waals surface area contributed by atoms with E-state index in [0.29, 0.717) is 21.5 Å². The molecule has 3 rings (SSSR count). The number of aromatic nitrogens is 1. The lowest BCUT2D eigenvalue weighted by molar-refractivity contribution is 0.297.